The molecule has 21 heavy (non-hydrogen) atoms. The summed E-state index contributed by atoms with van der Waals surface area (Å²) in [6.45, 7) is 5.94. The van der Waals surface area contributed by atoms with E-state index >= 15 is 0 Å². The van der Waals surface area contributed by atoms with Gasteiger partial charge in [0.05, 0.1) is 12.9 Å². The van der Waals surface area contributed by atoms with E-state index in [9.17, 15) is 4.79 Å². The molecule has 2 aromatic rings. The highest BCUT2D eigenvalue weighted by atomic mass is 32.2. The molecular formula is C11H16N6O3S. The van der Waals surface area contributed by atoms with E-state index in [4.69, 9.17) is 4.42 Å². The van der Waals surface area contributed by atoms with Gasteiger partial charge in [0, 0.05) is 5.41 Å². The molecular weight excluding hydrogens is 296 g/mol. The van der Waals surface area contributed by atoms with E-state index in [-0.39, 0.29) is 12.0 Å². The van der Waals surface area contributed by atoms with E-state index in [0.29, 0.717) is 22.7 Å². The molecule has 0 unspecified atom stereocenters. The smallest absolute Gasteiger partial charge is 0.327 e. The second-order valence-corrected chi connectivity index (χ2v) is 6.18. The summed E-state index contributed by atoms with van der Waals surface area (Å²) in [6, 6.07) is 0. The van der Waals surface area contributed by atoms with E-state index < -0.39 is 5.97 Å². The lowest BCUT2D eigenvalue weighted by Crippen LogP contribution is -2.13. The summed E-state index contributed by atoms with van der Waals surface area (Å²) in [4.78, 5) is 11.2. The molecule has 10 heteroatoms. The van der Waals surface area contributed by atoms with Crippen molar-refractivity contribution in [3.05, 3.63) is 11.8 Å². The van der Waals surface area contributed by atoms with Gasteiger partial charge in [-0.15, -0.1) is 15.3 Å². The monoisotopic (exact) mass is 312 g/mol. The summed E-state index contributed by atoms with van der Waals surface area (Å²) in [7, 11) is 1.31. The van der Waals surface area contributed by atoms with Crippen molar-refractivity contribution in [2.45, 2.75) is 43.6 Å². The molecule has 0 aliphatic rings. The van der Waals surface area contributed by atoms with Crippen molar-refractivity contribution < 1.29 is 13.9 Å². The molecule has 0 aliphatic carbocycles. The lowest BCUT2D eigenvalue weighted by atomic mass is 9.97. The number of aromatic nitrogens is 6. The first-order chi connectivity index (χ1) is 9.90. The number of ether oxygens (including phenoxy) is 1. The Kier molecular flexibility index (Phi) is 4.56. The van der Waals surface area contributed by atoms with Crippen LogP contribution in [-0.2, 0) is 27.2 Å². The van der Waals surface area contributed by atoms with Crippen LogP contribution in [0.3, 0.4) is 0 Å². The Bertz CT molecular complexity index is 618. The van der Waals surface area contributed by atoms with Crippen molar-refractivity contribution in [1.29, 1.82) is 0 Å². The number of thioether (sulfide) groups is 1. The Morgan fingerprint density at radius 3 is 2.71 bits per heavy atom. The zero-order chi connectivity index (χ0) is 15.5. The summed E-state index contributed by atoms with van der Waals surface area (Å²) in [6.07, 6.45) is 0. The zero-order valence-corrected chi connectivity index (χ0v) is 13.0. The fourth-order valence-electron chi connectivity index (χ4n) is 1.33. The fraction of sp³-hybridized carbons (Fsp3) is 0.636. The molecule has 0 fully saturated rings. The van der Waals surface area contributed by atoms with Crippen molar-refractivity contribution in [1.82, 2.24) is 30.4 Å². The number of methoxy groups -OCH3 is 1. The second-order valence-electron chi connectivity index (χ2n) is 5.23. The SMILES string of the molecule is COC(=O)Cn1nnnc1SCc1nnc(C(C)(C)C)o1. The van der Waals surface area contributed by atoms with Gasteiger partial charge < -0.3 is 9.15 Å². The molecule has 9 nitrogen and oxygen atoms in total. The molecule has 2 aromatic heterocycles. The van der Waals surface area contributed by atoms with Gasteiger partial charge in [-0.3, -0.25) is 4.79 Å². The first-order valence-electron chi connectivity index (χ1n) is 6.19. The number of tetrazole rings is 1. The van der Waals surface area contributed by atoms with Crippen molar-refractivity contribution in [3.63, 3.8) is 0 Å². The topological polar surface area (TPSA) is 109 Å². The first-order valence-corrected chi connectivity index (χ1v) is 7.17. The number of carbonyl (C=O) groups is 1. The van der Waals surface area contributed by atoms with Gasteiger partial charge in [-0.25, -0.2) is 4.68 Å². The molecule has 2 rings (SSSR count). The van der Waals surface area contributed by atoms with Crippen molar-refractivity contribution in [2.75, 3.05) is 7.11 Å². The Balaban J connectivity index is 1.99. The van der Waals surface area contributed by atoms with Crippen LogP contribution < -0.4 is 0 Å². The van der Waals surface area contributed by atoms with Gasteiger partial charge in [-0.1, -0.05) is 32.5 Å². The average Bonchev–Trinajstić information content (AvgIpc) is 3.04. The molecule has 0 saturated heterocycles. The quantitative estimate of drug-likeness (QED) is 0.585. The molecule has 0 N–H and O–H groups in total. The molecule has 0 aliphatic heterocycles. The molecule has 0 spiro atoms. The summed E-state index contributed by atoms with van der Waals surface area (Å²) < 4.78 is 11.5. The Labute approximate surface area is 125 Å². The van der Waals surface area contributed by atoms with Crippen molar-refractivity contribution >= 4 is 17.7 Å². The molecule has 0 saturated carbocycles. The van der Waals surface area contributed by atoms with E-state index in [1.807, 2.05) is 20.8 Å². The van der Waals surface area contributed by atoms with E-state index in [2.05, 4.69) is 30.5 Å². The molecule has 0 atom stereocenters. The predicted molar refractivity (Wildman–Crippen MR) is 72.4 cm³/mol. The van der Waals surface area contributed by atoms with Crippen LogP contribution in [0, 0.1) is 0 Å². The Morgan fingerprint density at radius 1 is 1.33 bits per heavy atom. The van der Waals surface area contributed by atoms with Crippen molar-refractivity contribution in [3.8, 4) is 0 Å². The number of rotatable bonds is 5. The van der Waals surface area contributed by atoms with E-state index in [1.54, 1.807) is 0 Å². The Morgan fingerprint density at radius 2 is 2.10 bits per heavy atom. The van der Waals surface area contributed by atoms with Crippen LogP contribution in [0.5, 0.6) is 0 Å². The summed E-state index contributed by atoms with van der Waals surface area (Å²) >= 11 is 1.31. The number of hydrogen-bond acceptors (Lipinski definition) is 9. The van der Waals surface area contributed by atoms with Gasteiger partial charge in [0.15, 0.2) is 0 Å². The Hall–Kier alpha value is -1.97. The highest BCUT2D eigenvalue weighted by molar-refractivity contribution is 7.98. The van der Waals surface area contributed by atoms with Crippen LogP contribution in [0.2, 0.25) is 0 Å². The molecule has 114 valence electrons. The van der Waals surface area contributed by atoms with E-state index in [1.165, 1.54) is 23.6 Å². The maximum absolute atomic E-state index is 11.2. The van der Waals surface area contributed by atoms with Crippen LogP contribution in [0.15, 0.2) is 9.57 Å². The third-order valence-corrected chi connectivity index (χ3v) is 3.38. The van der Waals surface area contributed by atoms with Crippen LogP contribution in [-0.4, -0.2) is 43.5 Å². The highest BCUT2D eigenvalue weighted by Crippen LogP contribution is 2.24. The van der Waals surface area contributed by atoms with Crippen LogP contribution >= 0.6 is 11.8 Å². The van der Waals surface area contributed by atoms with Gasteiger partial charge in [-0.05, 0) is 10.4 Å². The largest absolute Gasteiger partial charge is 0.468 e. The van der Waals surface area contributed by atoms with E-state index in [0.717, 1.165) is 0 Å². The maximum Gasteiger partial charge on any atom is 0.327 e. The lowest BCUT2D eigenvalue weighted by Gasteiger charge is -2.10. The van der Waals surface area contributed by atoms with Crippen LogP contribution in [0.25, 0.3) is 0 Å². The minimum Gasteiger partial charge on any atom is -0.468 e. The van der Waals surface area contributed by atoms with Gasteiger partial charge in [-0.2, -0.15) is 0 Å². The van der Waals surface area contributed by atoms with Gasteiger partial charge in [0.2, 0.25) is 16.9 Å². The minimum atomic E-state index is -0.419. The van der Waals surface area contributed by atoms with Crippen LogP contribution in [0.1, 0.15) is 32.6 Å². The molecule has 0 aromatic carbocycles. The first kappa shape index (κ1) is 15.4. The van der Waals surface area contributed by atoms with Crippen LogP contribution in [0.4, 0.5) is 0 Å². The number of carbonyl (C=O) groups excluding carboxylic acids is 1. The normalized spacial score (nSPS) is 11.6. The summed E-state index contributed by atoms with van der Waals surface area (Å²) in [5.74, 6) is 1.06. The van der Waals surface area contributed by atoms with Gasteiger partial charge >= 0.3 is 5.97 Å². The lowest BCUT2D eigenvalue weighted by molar-refractivity contribution is -0.141. The second kappa shape index (κ2) is 6.20. The molecule has 2 heterocycles. The maximum atomic E-state index is 11.2. The average molecular weight is 312 g/mol. The number of nitrogens with zero attached hydrogens (tertiary/aromatic N) is 6. The molecule has 0 amide bonds. The zero-order valence-electron chi connectivity index (χ0n) is 12.2. The molecule has 0 bridgehead atoms. The third kappa shape index (κ3) is 4.00. The van der Waals surface area contributed by atoms with Gasteiger partial charge in [0.1, 0.15) is 6.54 Å². The number of hydrogen-bond donors (Lipinski definition) is 0. The van der Waals surface area contributed by atoms with Crippen molar-refractivity contribution in [2.24, 2.45) is 0 Å². The fourth-order valence-corrected chi connectivity index (χ4v) is 2.04. The van der Waals surface area contributed by atoms with Gasteiger partial charge in [0.25, 0.3) is 0 Å². The third-order valence-electron chi connectivity index (χ3n) is 2.44. The molecule has 0 radical (unpaired) electrons. The summed E-state index contributed by atoms with van der Waals surface area (Å²) in [5.41, 5.74) is -0.192. The summed E-state index contributed by atoms with van der Waals surface area (Å²) in [5, 5.41) is 19.6. The minimum absolute atomic E-state index is 0.0388. The number of esters is 1. The highest BCUT2D eigenvalue weighted by Gasteiger charge is 2.21. The predicted octanol–water partition coefficient (Wildman–Crippen LogP) is 0.819. The standard InChI is InChI=1S/C11H16N6O3S/c1-11(2,3)9-13-12-7(20-9)6-21-10-14-15-16-17(10)5-8(18)19-4/h5-6H2,1-4H3.